The van der Waals surface area contributed by atoms with Crippen LogP contribution in [0.5, 0.6) is 0 Å². The maximum absolute atomic E-state index is 6.06. The van der Waals surface area contributed by atoms with E-state index in [1.807, 2.05) is 0 Å². The number of likely N-dealkylation sites (N-methyl/N-ethyl adjacent to an activating group) is 1. The Morgan fingerprint density at radius 3 is 2.74 bits per heavy atom. The molecule has 2 nitrogen and oxygen atoms in total. The van der Waals surface area contributed by atoms with Crippen molar-refractivity contribution in [1.29, 1.82) is 0 Å². The lowest BCUT2D eigenvalue weighted by molar-refractivity contribution is 0.232. The highest BCUT2D eigenvalue weighted by Gasteiger charge is 2.27. The molecule has 106 valence electrons. The van der Waals surface area contributed by atoms with Gasteiger partial charge in [-0.1, -0.05) is 35.8 Å². The van der Waals surface area contributed by atoms with E-state index < -0.39 is 0 Å². The first kappa shape index (κ1) is 15.1. The predicted octanol–water partition coefficient (Wildman–Crippen LogP) is 4.11. The lowest BCUT2D eigenvalue weighted by Gasteiger charge is -2.27. The Morgan fingerprint density at radius 2 is 2.11 bits per heavy atom. The minimum absolute atomic E-state index is 0.578. The van der Waals surface area contributed by atoms with Gasteiger partial charge in [0, 0.05) is 35.2 Å². The third-order valence-electron chi connectivity index (χ3n) is 4.02. The van der Waals surface area contributed by atoms with Gasteiger partial charge in [0.15, 0.2) is 0 Å². The molecule has 0 saturated carbocycles. The van der Waals surface area contributed by atoms with Gasteiger partial charge in [0.05, 0.1) is 0 Å². The lowest BCUT2D eigenvalue weighted by atomic mass is 10.2. The zero-order valence-corrected chi connectivity index (χ0v) is 14.0. The van der Waals surface area contributed by atoms with E-state index in [0.29, 0.717) is 11.9 Å². The van der Waals surface area contributed by atoms with Crippen molar-refractivity contribution in [2.75, 3.05) is 31.1 Å². The quantitative estimate of drug-likeness (QED) is 0.741. The van der Waals surface area contributed by atoms with Gasteiger partial charge >= 0.3 is 0 Å². The summed E-state index contributed by atoms with van der Waals surface area (Å²) >= 11 is 9.63. The fourth-order valence-electron chi connectivity index (χ4n) is 2.94. The molecule has 19 heavy (non-hydrogen) atoms. The highest BCUT2D eigenvalue weighted by Crippen LogP contribution is 2.30. The van der Waals surface area contributed by atoms with Crippen molar-refractivity contribution in [3.05, 3.63) is 28.2 Å². The average molecular weight is 346 g/mol. The normalized spacial score (nSPS) is 19.4. The molecule has 1 aromatic rings. The Labute approximate surface area is 129 Å². The van der Waals surface area contributed by atoms with Crippen LogP contribution in [0, 0.1) is 0 Å². The summed E-state index contributed by atoms with van der Waals surface area (Å²) in [5.74, 6) is 0.578. The van der Waals surface area contributed by atoms with Crippen molar-refractivity contribution in [2.24, 2.45) is 0 Å². The van der Waals surface area contributed by atoms with Crippen LogP contribution in [0.4, 0.5) is 5.69 Å². The van der Waals surface area contributed by atoms with Crippen molar-refractivity contribution in [2.45, 2.75) is 32.2 Å². The summed E-state index contributed by atoms with van der Waals surface area (Å²) in [6.45, 7) is 9.00. The van der Waals surface area contributed by atoms with Crippen molar-refractivity contribution in [3.63, 3.8) is 0 Å². The Morgan fingerprint density at radius 1 is 1.37 bits per heavy atom. The van der Waals surface area contributed by atoms with Gasteiger partial charge in [-0.05, 0) is 37.2 Å². The van der Waals surface area contributed by atoms with Gasteiger partial charge in [-0.2, -0.15) is 0 Å². The molecule has 0 amide bonds. The minimum Gasteiger partial charge on any atom is -0.370 e. The molecule has 1 aliphatic rings. The molecule has 1 unspecified atom stereocenters. The fraction of sp³-hybridized carbons (Fsp3) is 0.600. The first-order valence-corrected chi connectivity index (χ1v) is 8.35. The number of alkyl halides is 1. The molecule has 0 spiro atoms. The third kappa shape index (κ3) is 3.45. The summed E-state index contributed by atoms with van der Waals surface area (Å²) in [5.41, 5.74) is 2.52. The molecule has 1 saturated heterocycles. The molecule has 1 aliphatic heterocycles. The van der Waals surface area contributed by atoms with Crippen LogP contribution in [0.25, 0.3) is 0 Å². The maximum atomic E-state index is 6.06. The van der Waals surface area contributed by atoms with Crippen LogP contribution in [0.15, 0.2) is 22.7 Å². The summed E-state index contributed by atoms with van der Waals surface area (Å²) < 4.78 is 1.13. The van der Waals surface area contributed by atoms with Gasteiger partial charge in [0.1, 0.15) is 0 Å². The van der Waals surface area contributed by atoms with Crippen LogP contribution in [-0.2, 0) is 5.88 Å². The van der Waals surface area contributed by atoms with Crippen molar-refractivity contribution < 1.29 is 0 Å². The standard InChI is InChI=1S/C15H22BrClN2/c1-3-18(4-2)14-7-8-19(11-14)15-9-13(16)6-5-12(15)10-17/h5-6,9,14H,3-4,7-8,10-11H2,1-2H3. The van der Waals surface area contributed by atoms with E-state index in [2.05, 4.69) is 57.8 Å². The second-order valence-corrected chi connectivity index (χ2v) is 6.20. The van der Waals surface area contributed by atoms with Crippen molar-refractivity contribution in [1.82, 2.24) is 4.90 Å². The molecule has 1 aromatic carbocycles. The number of hydrogen-bond acceptors (Lipinski definition) is 2. The van der Waals surface area contributed by atoms with E-state index >= 15 is 0 Å². The van der Waals surface area contributed by atoms with Crippen LogP contribution < -0.4 is 4.90 Å². The Bertz CT molecular complexity index is 421. The second kappa shape index (κ2) is 6.96. The SMILES string of the molecule is CCN(CC)C1CCN(c2cc(Br)ccc2CCl)C1. The van der Waals surface area contributed by atoms with Gasteiger partial charge in [-0.25, -0.2) is 0 Å². The maximum Gasteiger partial charge on any atom is 0.0494 e. The highest BCUT2D eigenvalue weighted by atomic mass is 79.9. The monoisotopic (exact) mass is 344 g/mol. The van der Waals surface area contributed by atoms with E-state index in [0.717, 1.165) is 30.7 Å². The molecule has 1 heterocycles. The Hall–Kier alpha value is -0.250. The molecular weight excluding hydrogens is 324 g/mol. The highest BCUT2D eigenvalue weighted by molar-refractivity contribution is 9.10. The van der Waals surface area contributed by atoms with Gasteiger partial charge in [0.2, 0.25) is 0 Å². The second-order valence-electron chi connectivity index (χ2n) is 5.02. The number of benzene rings is 1. The molecule has 0 bridgehead atoms. The molecule has 4 heteroatoms. The summed E-state index contributed by atoms with van der Waals surface area (Å²) in [5, 5.41) is 0. The van der Waals surface area contributed by atoms with E-state index in [4.69, 9.17) is 11.6 Å². The molecule has 1 atom stereocenters. The molecule has 2 rings (SSSR count). The Kier molecular flexibility index (Phi) is 5.55. The summed E-state index contributed by atoms with van der Waals surface area (Å²) in [7, 11) is 0. The van der Waals surface area contributed by atoms with Crippen LogP contribution in [0.1, 0.15) is 25.8 Å². The first-order valence-electron chi connectivity index (χ1n) is 7.03. The lowest BCUT2D eigenvalue weighted by Crippen LogP contribution is -2.37. The van der Waals surface area contributed by atoms with Crippen molar-refractivity contribution >= 4 is 33.2 Å². The van der Waals surface area contributed by atoms with Crippen LogP contribution in [0.2, 0.25) is 0 Å². The number of rotatable bonds is 5. The third-order valence-corrected chi connectivity index (χ3v) is 4.81. The summed E-state index contributed by atoms with van der Waals surface area (Å²) in [6, 6.07) is 7.07. The van der Waals surface area contributed by atoms with E-state index in [-0.39, 0.29) is 0 Å². The summed E-state index contributed by atoms with van der Waals surface area (Å²) in [4.78, 5) is 5.03. The fourth-order valence-corrected chi connectivity index (χ4v) is 3.52. The minimum atomic E-state index is 0.578. The van der Waals surface area contributed by atoms with Crippen molar-refractivity contribution in [3.8, 4) is 0 Å². The zero-order chi connectivity index (χ0) is 13.8. The van der Waals surface area contributed by atoms with E-state index in [1.165, 1.54) is 17.7 Å². The number of nitrogens with zero attached hydrogens (tertiary/aromatic N) is 2. The topological polar surface area (TPSA) is 6.48 Å². The molecule has 0 aromatic heterocycles. The van der Waals surface area contributed by atoms with Gasteiger partial charge in [0.25, 0.3) is 0 Å². The first-order chi connectivity index (χ1) is 9.19. The van der Waals surface area contributed by atoms with Gasteiger partial charge in [-0.3, -0.25) is 4.90 Å². The smallest absolute Gasteiger partial charge is 0.0494 e. The Balaban J connectivity index is 2.14. The number of halogens is 2. The average Bonchev–Trinajstić information content (AvgIpc) is 2.89. The van der Waals surface area contributed by atoms with E-state index in [1.54, 1.807) is 0 Å². The molecule has 0 radical (unpaired) electrons. The van der Waals surface area contributed by atoms with Gasteiger partial charge in [-0.15, -0.1) is 11.6 Å². The predicted molar refractivity (Wildman–Crippen MR) is 87.2 cm³/mol. The molecule has 0 N–H and O–H groups in total. The zero-order valence-electron chi connectivity index (χ0n) is 11.7. The van der Waals surface area contributed by atoms with E-state index in [9.17, 15) is 0 Å². The van der Waals surface area contributed by atoms with Gasteiger partial charge < -0.3 is 4.90 Å². The number of anilines is 1. The molecular formula is C15H22BrClN2. The van der Waals surface area contributed by atoms with Crippen LogP contribution >= 0.6 is 27.5 Å². The summed E-state index contributed by atoms with van der Waals surface area (Å²) in [6.07, 6.45) is 1.25. The molecule has 0 aliphatic carbocycles. The molecule has 1 fully saturated rings. The van der Waals surface area contributed by atoms with Crippen LogP contribution in [-0.4, -0.2) is 37.1 Å². The number of hydrogen-bond donors (Lipinski definition) is 0. The largest absolute Gasteiger partial charge is 0.370 e. The van der Waals surface area contributed by atoms with Crippen LogP contribution in [0.3, 0.4) is 0 Å².